The van der Waals surface area contributed by atoms with Crippen molar-refractivity contribution in [1.29, 1.82) is 0 Å². The number of carbonyl (C=O) groups is 3. The summed E-state index contributed by atoms with van der Waals surface area (Å²) >= 11 is 0. The molecule has 0 aliphatic carbocycles. The highest BCUT2D eigenvalue weighted by Gasteiger charge is 2.11. The number of benzene rings is 1. The lowest BCUT2D eigenvalue weighted by Gasteiger charge is -2.05. The second kappa shape index (κ2) is 7.93. The normalized spacial score (nSPS) is 9.70. The molecule has 0 saturated heterocycles. The maximum atomic E-state index is 11.7. The summed E-state index contributed by atoms with van der Waals surface area (Å²) in [5.41, 5.74) is 1.04. The van der Waals surface area contributed by atoms with Crippen molar-refractivity contribution >= 4 is 18.0 Å². The molecule has 1 rings (SSSR count). The van der Waals surface area contributed by atoms with Crippen LogP contribution < -0.4 is 5.32 Å². The smallest absolute Gasteiger partial charge is 0.414 e. The maximum Gasteiger partial charge on any atom is 0.414 e. The third-order valence-corrected chi connectivity index (χ3v) is 2.36. The van der Waals surface area contributed by atoms with E-state index in [1.54, 1.807) is 26.0 Å². The number of imide groups is 1. The van der Waals surface area contributed by atoms with Crippen LogP contribution in [-0.4, -0.2) is 31.2 Å². The summed E-state index contributed by atoms with van der Waals surface area (Å²) in [5, 5.41) is 2.09. The summed E-state index contributed by atoms with van der Waals surface area (Å²) in [4.78, 5) is 34.0. The molecule has 0 spiro atoms. The molecule has 20 heavy (non-hydrogen) atoms. The summed E-state index contributed by atoms with van der Waals surface area (Å²) in [6.45, 7) is 3.91. The Labute approximate surface area is 117 Å². The van der Waals surface area contributed by atoms with Crippen molar-refractivity contribution in [2.24, 2.45) is 0 Å². The lowest BCUT2D eigenvalue weighted by Crippen LogP contribution is -2.30. The summed E-state index contributed by atoms with van der Waals surface area (Å²) in [5.74, 6) is -0.873. The SMILES string of the molecule is CCOC(=O)Cc1ccc(C(=O)NC(=O)OCC)cc1. The molecule has 1 N–H and O–H groups in total. The monoisotopic (exact) mass is 279 g/mol. The molecule has 1 aromatic rings. The average Bonchev–Trinajstić information content (AvgIpc) is 2.39. The molecule has 108 valence electrons. The first-order chi connectivity index (χ1) is 9.56. The molecule has 0 fully saturated rings. The van der Waals surface area contributed by atoms with Gasteiger partial charge in [-0.15, -0.1) is 0 Å². The van der Waals surface area contributed by atoms with Crippen LogP contribution in [0.15, 0.2) is 24.3 Å². The fourth-order valence-electron chi connectivity index (χ4n) is 1.48. The number of esters is 1. The van der Waals surface area contributed by atoms with Crippen molar-refractivity contribution in [3.05, 3.63) is 35.4 Å². The van der Waals surface area contributed by atoms with Crippen LogP contribution in [0.5, 0.6) is 0 Å². The second-order valence-corrected chi connectivity index (χ2v) is 3.85. The molecule has 0 bridgehead atoms. The van der Waals surface area contributed by atoms with E-state index in [1.165, 1.54) is 12.1 Å². The first kappa shape index (κ1) is 15.7. The van der Waals surface area contributed by atoms with E-state index in [-0.39, 0.29) is 19.0 Å². The largest absolute Gasteiger partial charge is 0.466 e. The van der Waals surface area contributed by atoms with Gasteiger partial charge in [0.25, 0.3) is 5.91 Å². The van der Waals surface area contributed by atoms with Gasteiger partial charge < -0.3 is 9.47 Å². The zero-order chi connectivity index (χ0) is 15.0. The number of carbonyl (C=O) groups excluding carboxylic acids is 3. The minimum absolute atomic E-state index is 0.146. The molecule has 6 nitrogen and oxygen atoms in total. The molecular formula is C14H17NO5. The quantitative estimate of drug-likeness (QED) is 0.829. The molecule has 0 aliphatic rings. The van der Waals surface area contributed by atoms with Crippen molar-refractivity contribution in [3.63, 3.8) is 0 Å². The van der Waals surface area contributed by atoms with Crippen molar-refractivity contribution in [2.45, 2.75) is 20.3 Å². The minimum atomic E-state index is -0.784. The van der Waals surface area contributed by atoms with Gasteiger partial charge in [0.2, 0.25) is 0 Å². The molecule has 0 radical (unpaired) electrons. The second-order valence-electron chi connectivity index (χ2n) is 3.85. The van der Waals surface area contributed by atoms with Gasteiger partial charge in [0.15, 0.2) is 0 Å². The Morgan fingerprint density at radius 2 is 1.60 bits per heavy atom. The predicted octanol–water partition coefficient (Wildman–Crippen LogP) is 1.68. The maximum absolute atomic E-state index is 11.7. The van der Waals surface area contributed by atoms with Crippen LogP contribution in [0.3, 0.4) is 0 Å². The number of hydrogen-bond acceptors (Lipinski definition) is 5. The van der Waals surface area contributed by atoms with E-state index in [0.717, 1.165) is 5.56 Å². The third-order valence-electron chi connectivity index (χ3n) is 2.36. The van der Waals surface area contributed by atoms with E-state index in [2.05, 4.69) is 10.1 Å². The number of amides is 2. The Hall–Kier alpha value is -2.37. The number of hydrogen-bond donors (Lipinski definition) is 1. The topological polar surface area (TPSA) is 81.7 Å². The van der Waals surface area contributed by atoms with Gasteiger partial charge in [-0.05, 0) is 31.5 Å². The van der Waals surface area contributed by atoms with Gasteiger partial charge in [-0.3, -0.25) is 14.9 Å². The van der Waals surface area contributed by atoms with Crippen LogP contribution in [0, 0.1) is 0 Å². The molecule has 0 unspecified atom stereocenters. The Bertz CT molecular complexity index is 481. The fourth-order valence-corrected chi connectivity index (χ4v) is 1.48. The average molecular weight is 279 g/mol. The molecule has 0 atom stereocenters. The van der Waals surface area contributed by atoms with E-state index in [4.69, 9.17) is 4.74 Å². The van der Waals surface area contributed by atoms with Crippen molar-refractivity contribution < 1.29 is 23.9 Å². The number of nitrogens with one attached hydrogen (secondary N) is 1. The van der Waals surface area contributed by atoms with E-state index in [1.807, 2.05) is 0 Å². The summed E-state index contributed by atoms with van der Waals surface area (Å²) in [6, 6.07) is 6.33. The summed E-state index contributed by atoms with van der Waals surface area (Å²) in [7, 11) is 0. The van der Waals surface area contributed by atoms with Gasteiger partial charge in [0.1, 0.15) is 0 Å². The van der Waals surface area contributed by atoms with Crippen molar-refractivity contribution in [3.8, 4) is 0 Å². The van der Waals surface area contributed by atoms with Crippen LogP contribution in [0.4, 0.5) is 4.79 Å². The Morgan fingerprint density at radius 3 is 2.15 bits per heavy atom. The van der Waals surface area contributed by atoms with Gasteiger partial charge in [-0.2, -0.15) is 0 Å². The molecule has 0 aliphatic heterocycles. The van der Waals surface area contributed by atoms with Crippen LogP contribution in [0.1, 0.15) is 29.8 Å². The lowest BCUT2D eigenvalue weighted by molar-refractivity contribution is -0.142. The summed E-state index contributed by atoms with van der Waals surface area (Å²) < 4.78 is 9.43. The Morgan fingerprint density at radius 1 is 1.00 bits per heavy atom. The molecule has 0 aromatic heterocycles. The number of rotatable bonds is 5. The highest BCUT2D eigenvalue weighted by molar-refractivity contribution is 6.02. The molecule has 1 aromatic carbocycles. The standard InChI is InChI=1S/C14H17NO5/c1-3-19-12(16)9-10-5-7-11(8-6-10)13(17)15-14(18)20-4-2/h5-8H,3-4,9H2,1-2H3,(H,15,17,18). The van der Waals surface area contributed by atoms with Crippen LogP contribution >= 0.6 is 0 Å². The zero-order valence-corrected chi connectivity index (χ0v) is 11.5. The summed E-state index contributed by atoms with van der Waals surface area (Å²) in [6.07, 6.45) is -0.638. The van der Waals surface area contributed by atoms with Crippen LogP contribution in [-0.2, 0) is 20.7 Å². The van der Waals surface area contributed by atoms with Gasteiger partial charge >= 0.3 is 12.1 Å². The first-order valence-electron chi connectivity index (χ1n) is 6.29. The highest BCUT2D eigenvalue weighted by atomic mass is 16.5. The van der Waals surface area contributed by atoms with E-state index in [9.17, 15) is 14.4 Å². The van der Waals surface area contributed by atoms with Crippen LogP contribution in [0.2, 0.25) is 0 Å². The van der Waals surface area contributed by atoms with Gasteiger partial charge in [-0.1, -0.05) is 12.1 Å². The third kappa shape index (κ3) is 5.09. The van der Waals surface area contributed by atoms with Gasteiger partial charge in [0.05, 0.1) is 19.6 Å². The minimum Gasteiger partial charge on any atom is -0.466 e. The number of ether oxygens (including phenoxy) is 2. The van der Waals surface area contributed by atoms with E-state index in [0.29, 0.717) is 12.2 Å². The Balaban J connectivity index is 2.59. The molecule has 6 heteroatoms. The first-order valence-corrected chi connectivity index (χ1v) is 6.29. The highest BCUT2D eigenvalue weighted by Crippen LogP contribution is 2.06. The van der Waals surface area contributed by atoms with E-state index < -0.39 is 12.0 Å². The van der Waals surface area contributed by atoms with E-state index >= 15 is 0 Å². The lowest BCUT2D eigenvalue weighted by atomic mass is 10.1. The molecule has 2 amide bonds. The molecule has 0 heterocycles. The Kier molecular flexibility index (Phi) is 6.22. The van der Waals surface area contributed by atoms with Gasteiger partial charge in [0, 0.05) is 5.56 Å². The number of alkyl carbamates (subject to hydrolysis) is 1. The van der Waals surface area contributed by atoms with Crippen molar-refractivity contribution in [2.75, 3.05) is 13.2 Å². The zero-order valence-electron chi connectivity index (χ0n) is 11.5. The predicted molar refractivity (Wildman–Crippen MR) is 71.3 cm³/mol. The fraction of sp³-hybridized carbons (Fsp3) is 0.357. The molecule has 0 saturated carbocycles. The van der Waals surface area contributed by atoms with Crippen LogP contribution in [0.25, 0.3) is 0 Å². The van der Waals surface area contributed by atoms with Crippen molar-refractivity contribution in [1.82, 2.24) is 5.32 Å². The van der Waals surface area contributed by atoms with Gasteiger partial charge in [-0.25, -0.2) is 4.79 Å². The molecular weight excluding hydrogens is 262 g/mol.